The third-order valence-corrected chi connectivity index (χ3v) is 3.74. The molecule has 1 amide bonds. The zero-order valence-corrected chi connectivity index (χ0v) is 15.4. The van der Waals surface area contributed by atoms with E-state index in [-0.39, 0.29) is 17.3 Å². The zero-order chi connectivity index (χ0) is 19.5. The standard InChI is InChI=1S/C12H12N8O.C5H11N/c1-14-8-3-9(19-20-11(8)12(21)15-2)18-10-6-16-7(4-13)5-17-10;1-2-4-6-5-3-1/h3,5-6H,1-2H3,(H,15,21)(H2,14,17,18,19);6H,1-5H2. The molecule has 0 atom stereocenters. The first-order valence-corrected chi connectivity index (χ1v) is 8.65. The summed E-state index contributed by atoms with van der Waals surface area (Å²) >= 11 is 0. The molecule has 0 radical (unpaired) electrons. The Morgan fingerprint density at radius 2 is 1.89 bits per heavy atom. The second kappa shape index (κ2) is 10.6. The first-order chi connectivity index (χ1) is 13.2. The van der Waals surface area contributed by atoms with Crippen molar-refractivity contribution in [3.8, 4) is 6.07 Å². The lowest BCUT2D eigenvalue weighted by molar-refractivity contribution is 0.0958. The van der Waals surface area contributed by atoms with Crippen LogP contribution in [0.3, 0.4) is 0 Å². The summed E-state index contributed by atoms with van der Waals surface area (Å²) in [7, 11) is 3.19. The summed E-state index contributed by atoms with van der Waals surface area (Å²) in [6, 6.07) is 3.50. The summed E-state index contributed by atoms with van der Waals surface area (Å²) in [4.78, 5) is 19.5. The molecule has 0 unspecified atom stereocenters. The molecule has 0 aliphatic carbocycles. The number of carbonyl (C=O) groups excluding carboxylic acids is 1. The van der Waals surface area contributed by atoms with Crippen molar-refractivity contribution in [3.63, 3.8) is 0 Å². The first kappa shape index (κ1) is 20.0. The van der Waals surface area contributed by atoms with E-state index in [9.17, 15) is 4.79 Å². The van der Waals surface area contributed by atoms with Gasteiger partial charge in [0, 0.05) is 20.2 Å². The summed E-state index contributed by atoms with van der Waals surface area (Å²) in [6.07, 6.45) is 6.96. The summed E-state index contributed by atoms with van der Waals surface area (Å²) in [6.45, 7) is 2.50. The minimum Gasteiger partial charge on any atom is -0.386 e. The van der Waals surface area contributed by atoms with E-state index in [1.54, 1.807) is 13.1 Å². The fourth-order valence-corrected chi connectivity index (χ4v) is 2.31. The molecule has 0 bridgehead atoms. The maximum atomic E-state index is 11.6. The number of hydrogen-bond acceptors (Lipinski definition) is 9. The smallest absolute Gasteiger partial charge is 0.273 e. The van der Waals surface area contributed by atoms with Gasteiger partial charge in [-0.1, -0.05) is 6.42 Å². The predicted molar refractivity (Wildman–Crippen MR) is 102 cm³/mol. The molecule has 10 nitrogen and oxygen atoms in total. The van der Waals surface area contributed by atoms with Crippen molar-refractivity contribution in [3.05, 3.63) is 29.8 Å². The van der Waals surface area contributed by atoms with E-state index in [0.29, 0.717) is 17.3 Å². The summed E-state index contributed by atoms with van der Waals surface area (Å²) in [5.41, 5.74) is 0.933. The van der Waals surface area contributed by atoms with E-state index < -0.39 is 0 Å². The van der Waals surface area contributed by atoms with Crippen LogP contribution >= 0.6 is 0 Å². The molecule has 0 saturated carbocycles. The molecule has 27 heavy (non-hydrogen) atoms. The Bertz CT molecular complexity index is 770. The quantitative estimate of drug-likeness (QED) is 0.622. The van der Waals surface area contributed by atoms with Crippen LogP contribution in [0.5, 0.6) is 0 Å². The number of nitrogens with one attached hydrogen (secondary N) is 4. The van der Waals surface area contributed by atoms with Gasteiger partial charge in [0.1, 0.15) is 11.9 Å². The van der Waals surface area contributed by atoms with Crippen molar-refractivity contribution >= 4 is 23.2 Å². The van der Waals surface area contributed by atoms with E-state index in [0.717, 1.165) is 0 Å². The maximum Gasteiger partial charge on any atom is 0.273 e. The summed E-state index contributed by atoms with van der Waals surface area (Å²) in [5.74, 6) is 0.473. The van der Waals surface area contributed by atoms with E-state index in [4.69, 9.17) is 5.26 Å². The van der Waals surface area contributed by atoms with Crippen LogP contribution in [0.1, 0.15) is 35.4 Å². The van der Waals surface area contributed by atoms with Crippen LogP contribution in [0.25, 0.3) is 0 Å². The third kappa shape index (κ3) is 6.16. The highest BCUT2D eigenvalue weighted by Gasteiger charge is 2.13. The Labute approximate surface area is 157 Å². The van der Waals surface area contributed by atoms with Crippen LogP contribution in [-0.4, -0.2) is 53.3 Å². The number of anilines is 3. The average molecular weight is 369 g/mol. The van der Waals surface area contributed by atoms with Crippen LogP contribution in [0.15, 0.2) is 18.5 Å². The molecule has 142 valence electrons. The highest BCUT2D eigenvalue weighted by Crippen LogP contribution is 2.18. The number of hydrogen-bond donors (Lipinski definition) is 4. The van der Waals surface area contributed by atoms with E-state index in [1.807, 2.05) is 6.07 Å². The van der Waals surface area contributed by atoms with Gasteiger partial charge in [0.05, 0.1) is 18.1 Å². The summed E-state index contributed by atoms with van der Waals surface area (Å²) in [5, 5.41) is 27.9. The van der Waals surface area contributed by atoms with Gasteiger partial charge in [-0.25, -0.2) is 9.97 Å². The summed E-state index contributed by atoms with van der Waals surface area (Å²) < 4.78 is 0. The number of rotatable bonds is 4. The molecule has 1 fully saturated rings. The van der Waals surface area contributed by atoms with Crippen LogP contribution in [0.4, 0.5) is 17.3 Å². The monoisotopic (exact) mass is 369 g/mol. The zero-order valence-electron chi connectivity index (χ0n) is 15.4. The topological polar surface area (TPSA) is 141 Å². The number of nitriles is 1. The van der Waals surface area contributed by atoms with Gasteiger partial charge in [-0.2, -0.15) is 5.26 Å². The Hall–Kier alpha value is -3.32. The SMILES string of the molecule is C1CCNCC1.CNC(=O)c1nnc(Nc2cnc(C#N)cn2)cc1NC. The first-order valence-electron chi connectivity index (χ1n) is 8.65. The minimum atomic E-state index is -0.337. The highest BCUT2D eigenvalue weighted by molar-refractivity contribution is 5.97. The molecule has 2 aromatic heterocycles. The molecule has 0 aromatic carbocycles. The van der Waals surface area contributed by atoms with Gasteiger partial charge >= 0.3 is 0 Å². The van der Waals surface area contributed by atoms with Crippen LogP contribution in [-0.2, 0) is 0 Å². The second-order valence-electron chi connectivity index (χ2n) is 5.66. The van der Waals surface area contributed by atoms with Gasteiger partial charge in [-0.3, -0.25) is 4.79 Å². The van der Waals surface area contributed by atoms with Crippen LogP contribution in [0.2, 0.25) is 0 Å². The fourth-order valence-electron chi connectivity index (χ4n) is 2.31. The lowest BCUT2D eigenvalue weighted by atomic mass is 10.2. The van der Waals surface area contributed by atoms with E-state index in [1.165, 1.54) is 51.8 Å². The Balaban J connectivity index is 0.000000369. The second-order valence-corrected chi connectivity index (χ2v) is 5.66. The third-order valence-electron chi connectivity index (χ3n) is 3.74. The van der Waals surface area contributed by atoms with E-state index in [2.05, 4.69) is 41.4 Å². The molecular formula is C17H23N9O. The molecule has 3 heterocycles. The van der Waals surface area contributed by atoms with Gasteiger partial charge in [0.15, 0.2) is 17.2 Å². The fraction of sp³-hybridized carbons (Fsp3) is 0.412. The Morgan fingerprint density at radius 3 is 2.37 bits per heavy atom. The molecule has 10 heteroatoms. The number of amides is 1. The number of aromatic nitrogens is 4. The van der Waals surface area contributed by atoms with Gasteiger partial charge in [-0.15, -0.1) is 10.2 Å². The number of piperidine rings is 1. The maximum absolute atomic E-state index is 11.6. The van der Waals surface area contributed by atoms with Crippen LogP contribution < -0.4 is 21.3 Å². The predicted octanol–water partition coefficient (Wildman–Crippen LogP) is 1.04. The molecule has 1 aliphatic rings. The Morgan fingerprint density at radius 1 is 1.11 bits per heavy atom. The van der Waals surface area contributed by atoms with Gasteiger partial charge in [0.25, 0.3) is 5.91 Å². The molecule has 2 aromatic rings. The van der Waals surface area contributed by atoms with Gasteiger partial charge in [0.2, 0.25) is 0 Å². The Kier molecular flexibility index (Phi) is 7.87. The number of nitrogens with zero attached hydrogens (tertiary/aromatic N) is 5. The van der Waals surface area contributed by atoms with Gasteiger partial charge in [-0.05, 0) is 25.9 Å². The van der Waals surface area contributed by atoms with Crippen molar-refractivity contribution in [2.75, 3.05) is 37.8 Å². The normalized spacial score (nSPS) is 12.8. The van der Waals surface area contributed by atoms with E-state index >= 15 is 0 Å². The van der Waals surface area contributed by atoms with Crippen molar-refractivity contribution in [2.45, 2.75) is 19.3 Å². The van der Waals surface area contributed by atoms with Crippen molar-refractivity contribution in [1.82, 2.24) is 30.8 Å². The molecule has 1 aliphatic heterocycles. The average Bonchev–Trinajstić information content (AvgIpc) is 2.75. The van der Waals surface area contributed by atoms with Crippen molar-refractivity contribution < 1.29 is 4.79 Å². The molecule has 0 spiro atoms. The highest BCUT2D eigenvalue weighted by atomic mass is 16.1. The van der Waals surface area contributed by atoms with Gasteiger partial charge < -0.3 is 21.3 Å². The van der Waals surface area contributed by atoms with Crippen molar-refractivity contribution in [2.24, 2.45) is 0 Å². The van der Waals surface area contributed by atoms with Crippen LogP contribution in [0, 0.1) is 11.3 Å². The molecular weight excluding hydrogens is 346 g/mol. The van der Waals surface area contributed by atoms with Crippen molar-refractivity contribution in [1.29, 1.82) is 5.26 Å². The largest absolute Gasteiger partial charge is 0.386 e. The lowest BCUT2D eigenvalue weighted by Crippen LogP contribution is -2.21. The molecule has 4 N–H and O–H groups in total. The molecule has 3 rings (SSSR count). The minimum absolute atomic E-state index is 0.191. The molecule has 1 saturated heterocycles. The lowest BCUT2D eigenvalue weighted by Gasteiger charge is -2.09. The number of carbonyl (C=O) groups is 1.